The molecule has 0 aliphatic carbocycles. The highest BCUT2D eigenvalue weighted by Gasteiger charge is 2.47. The van der Waals surface area contributed by atoms with Gasteiger partial charge in [0.15, 0.2) is 18.0 Å². The van der Waals surface area contributed by atoms with E-state index in [1.165, 1.54) is 4.90 Å². The number of anilines is 1. The number of rotatable bonds is 2. The van der Waals surface area contributed by atoms with Gasteiger partial charge in [-0.05, 0) is 49.9 Å². The van der Waals surface area contributed by atoms with E-state index in [4.69, 9.17) is 0 Å². The molecule has 1 aromatic heterocycles. The standard InChI is InChI=1S/C25H21F2N3O2/c1-25(19-9-6-12-28-16-19)15-22(31)30(24(32)29(25)2)23-20(26)13-18(14-21(23)27)11-10-17-7-4-3-5-8-17/h3-9,12-14,16,24,32H,15H2,1-2H3. The number of hydrogen-bond acceptors (Lipinski definition) is 4. The van der Waals surface area contributed by atoms with Gasteiger partial charge in [-0.2, -0.15) is 0 Å². The number of benzene rings is 2. The number of aliphatic hydroxyl groups is 1. The number of carbonyl (C=O) groups excluding carboxylic acids is 1. The van der Waals surface area contributed by atoms with Gasteiger partial charge in [0.25, 0.3) is 0 Å². The molecular weight excluding hydrogens is 412 g/mol. The Morgan fingerprint density at radius 2 is 1.72 bits per heavy atom. The fourth-order valence-electron chi connectivity index (χ4n) is 3.82. The Labute approximate surface area is 184 Å². The molecule has 1 fully saturated rings. The van der Waals surface area contributed by atoms with Crippen molar-refractivity contribution in [2.45, 2.75) is 25.2 Å². The molecule has 7 heteroatoms. The molecule has 1 aliphatic heterocycles. The van der Waals surface area contributed by atoms with Gasteiger partial charge >= 0.3 is 0 Å². The third-order valence-corrected chi connectivity index (χ3v) is 5.79. The highest BCUT2D eigenvalue weighted by Crippen LogP contribution is 2.40. The van der Waals surface area contributed by atoms with E-state index in [0.717, 1.165) is 17.0 Å². The fraction of sp³-hybridized carbons (Fsp3) is 0.200. The molecule has 1 aliphatic rings. The van der Waals surface area contributed by atoms with Gasteiger partial charge in [0, 0.05) is 29.9 Å². The van der Waals surface area contributed by atoms with Crippen LogP contribution in [-0.4, -0.2) is 34.3 Å². The molecule has 3 aromatic rings. The minimum Gasteiger partial charge on any atom is -0.360 e. The highest BCUT2D eigenvalue weighted by atomic mass is 19.1. The number of aromatic nitrogens is 1. The first-order valence-electron chi connectivity index (χ1n) is 10.0. The Balaban J connectivity index is 1.67. The summed E-state index contributed by atoms with van der Waals surface area (Å²) in [5, 5.41) is 10.9. The largest absolute Gasteiger partial charge is 0.360 e. The van der Waals surface area contributed by atoms with E-state index in [9.17, 15) is 18.7 Å². The quantitative estimate of drug-likeness (QED) is 0.628. The fourth-order valence-corrected chi connectivity index (χ4v) is 3.82. The normalized spacial score (nSPS) is 21.2. The van der Waals surface area contributed by atoms with Crippen LogP contribution < -0.4 is 4.90 Å². The lowest BCUT2D eigenvalue weighted by atomic mass is 9.85. The van der Waals surface area contributed by atoms with E-state index in [0.29, 0.717) is 11.1 Å². The Hall–Kier alpha value is -3.60. The molecule has 5 nitrogen and oxygen atoms in total. The molecule has 0 saturated carbocycles. The molecule has 4 rings (SSSR count). The lowest BCUT2D eigenvalue weighted by molar-refractivity contribution is -0.140. The number of aliphatic hydroxyl groups excluding tert-OH is 1. The van der Waals surface area contributed by atoms with Gasteiger partial charge in [-0.3, -0.25) is 19.6 Å². The molecule has 2 atom stereocenters. The van der Waals surface area contributed by atoms with E-state index in [1.54, 1.807) is 50.6 Å². The maximum atomic E-state index is 15.0. The van der Waals surface area contributed by atoms with Crippen LogP contribution >= 0.6 is 0 Å². The number of carbonyl (C=O) groups is 1. The summed E-state index contributed by atoms with van der Waals surface area (Å²) in [5.74, 6) is 3.00. The van der Waals surface area contributed by atoms with Crippen molar-refractivity contribution in [3.05, 3.63) is 95.3 Å². The molecule has 2 unspecified atom stereocenters. The predicted molar refractivity (Wildman–Crippen MR) is 116 cm³/mol. The van der Waals surface area contributed by atoms with Gasteiger partial charge < -0.3 is 5.11 Å². The van der Waals surface area contributed by atoms with E-state index >= 15 is 0 Å². The SMILES string of the molecule is CN1C(O)N(c2c(F)cc(C#Cc3ccccc3)cc2F)C(=O)CC1(C)c1cccnc1. The molecule has 1 N–H and O–H groups in total. The van der Waals surface area contributed by atoms with E-state index < -0.39 is 35.1 Å². The minimum absolute atomic E-state index is 0.0965. The van der Waals surface area contributed by atoms with Crippen LogP contribution in [0, 0.1) is 23.5 Å². The lowest BCUT2D eigenvalue weighted by Gasteiger charge is -2.49. The molecule has 1 saturated heterocycles. The van der Waals surface area contributed by atoms with Crippen molar-refractivity contribution >= 4 is 11.6 Å². The Bertz CT molecular complexity index is 1190. The highest BCUT2D eigenvalue weighted by molar-refractivity contribution is 5.95. The van der Waals surface area contributed by atoms with Crippen molar-refractivity contribution in [3.8, 4) is 11.8 Å². The van der Waals surface area contributed by atoms with Gasteiger partial charge in [0.1, 0.15) is 5.69 Å². The summed E-state index contributed by atoms with van der Waals surface area (Å²) in [6, 6.07) is 14.7. The zero-order valence-electron chi connectivity index (χ0n) is 17.6. The van der Waals surface area contributed by atoms with E-state index in [2.05, 4.69) is 16.8 Å². The summed E-state index contributed by atoms with van der Waals surface area (Å²) >= 11 is 0. The Morgan fingerprint density at radius 1 is 1.06 bits per heavy atom. The van der Waals surface area contributed by atoms with Crippen LogP contribution in [0.3, 0.4) is 0 Å². The van der Waals surface area contributed by atoms with Crippen LogP contribution in [0.2, 0.25) is 0 Å². The first kappa shape index (κ1) is 21.6. The second-order valence-electron chi connectivity index (χ2n) is 7.82. The minimum atomic E-state index is -1.58. The van der Waals surface area contributed by atoms with Gasteiger partial charge in [-0.25, -0.2) is 8.78 Å². The summed E-state index contributed by atoms with van der Waals surface area (Å²) < 4.78 is 29.9. The first-order chi connectivity index (χ1) is 15.3. The molecule has 1 amide bonds. The number of hydrogen-bond donors (Lipinski definition) is 1. The van der Waals surface area contributed by atoms with Gasteiger partial charge in [0.2, 0.25) is 5.91 Å². The molecule has 32 heavy (non-hydrogen) atoms. The third kappa shape index (κ3) is 3.86. The summed E-state index contributed by atoms with van der Waals surface area (Å²) in [6.45, 7) is 1.78. The number of halogens is 2. The number of pyridine rings is 1. The van der Waals surface area contributed by atoms with Gasteiger partial charge in [-0.1, -0.05) is 36.1 Å². The summed E-state index contributed by atoms with van der Waals surface area (Å²) in [6.07, 6.45) is 1.54. The third-order valence-electron chi connectivity index (χ3n) is 5.79. The van der Waals surface area contributed by atoms with Crippen molar-refractivity contribution in [2.24, 2.45) is 0 Å². The maximum absolute atomic E-state index is 15.0. The van der Waals surface area contributed by atoms with Crippen molar-refractivity contribution in [2.75, 3.05) is 11.9 Å². The molecule has 2 heterocycles. The lowest BCUT2D eigenvalue weighted by Crippen LogP contribution is -2.63. The molecule has 0 spiro atoms. The van der Waals surface area contributed by atoms with Crippen LogP contribution in [0.15, 0.2) is 67.0 Å². The van der Waals surface area contributed by atoms with Crippen molar-refractivity contribution in [1.29, 1.82) is 0 Å². The van der Waals surface area contributed by atoms with Gasteiger partial charge in [-0.15, -0.1) is 0 Å². The van der Waals surface area contributed by atoms with Crippen LogP contribution in [0.4, 0.5) is 14.5 Å². The smallest absolute Gasteiger partial charge is 0.232 e. The molecule has 0 bridgehead atoms. The monoisotopic (exact) mass is 433 g/mol. The Morgan fingerprint density at radius 3 is 2.34 bits per heavy atom. The second kappa shape index (κ2) is 8.50. The van der Waals surface area contributed by atoms with Gasteiger partial charge in [0.05, 0.1) is 5.54 Å². The van der Waals surface area contributed by atoms with E-state index in [1.807, 2.05) is 18.2 Å². The summed E-state index contributed by atoms with van der Waals surface area (Å²) in [4.78, 5) is 19.3. The zero-order chi connectivity index (χ0) is 22.9. The van der Waals surface area contributed by atoms with E-state index in [-0.39, 0.29) is 12.0 Å². The van der Waals surface area contributed by atoms with Crippen molar-refractivity contribution in [1.82, 2.24) is 9.88 Å². The van der Waals surface area contributed by atoms with Crippen LogP contribution in [0.5, 0.6) is 0 Å². The predicted octanol–water partition coefficient (Wildman–Crippen LogP) is 3.62. The zero-order valence-corrected chi connectivity index (χ0v) is 17.6. The number of nitrogens with zero attached hydrogens (tertiary/aromatic N) is 3. The summed E-state index contributed by atoms with van der Waals surface area (Å²) in [7, 11) is 1.59. The van der Waals surface area contributed by atoms with Crippen LogP contribution in [0.1, 0.15) is 30.0 Å². The summed E-state index contributed by atoms with van der Waals surface area (Å²) in [5.41, 5.74) is 0.0419. The Kier molecular flexibility index (Phi) is 5.74. The second-order valence-corrected chi connectivity index (χ2v) is 7.82. The van der Waals surface area contributed by atoms with Crippen LogP contribution in [-0.2, 0) is 10.3 Å². The average Bonchev–Trinajstić information content (AvgIpc) is 2.79. The van der Waals surface area contributed by atoms with Crippen molar-refractivity contribution in [3.63, 3.8) is 0 Å². The number of amides is 1. The molecular formula is C25H21F2N3O2. The molecule has 2 aromatic carbocycles. The maximum Gasteiger partial charge on any atom is 0.232 e. The van der Waals surface area contributed by atoms with Crippen LogP contribution in [0.25, 0.3) is 0 Å². The van der Waals surface area contributed by atoms with Crippen molar-refractivity contribution < 1.29 is 18.7 Å². The molecule has 0 radical (unpaired) electrons. The topological polar surface area (TPSA) is 56.7 Å². The molecule has 162 valence electrons. The first-order valence-corrected chi connectivity index (χ1v) is 10.0. The average molecular weight is 433 g/mol.